The van der Waals surface area contributed by atoms with Crippen molar-refractivity contribution in [2.75, 3.05) is 24.7 Å². The molecule has 112 valence electrons. The Kier molecular flexibility index (Phi) is 5.26. The van der Waals surface area contributed by atoms with Gasteiger partial charge in [-0.15, -0.1) is 0 Å². The molecule has 3 unspecified atom stereocenters. The highest BCUT2D eigenvalue weighted by Gasteiger charge is 2.27. The van der Waals surface area contributed by atoms with Crippen LogP contribution in [0.4, 0.5) is 0 Å². The molecular formula is C14H27NO3S. The lowest BCUT2D eigenvalue weighted by Gasteiger charge is -2.31. The van der Waals surface area contributed by atoms with Crippen molar-refractivity contribution in [3.8, 4) is 0 Å². The molecule has 1 aliphatic heterocycles. The molecule has 3 atom stereocenters. The Labute approximate surface area is 117 Å². The number of ether oxygens (including phenoxy) is 1. The van der Waals surface area contributed by atoms with Crippen LogP contribution in [0.25, 0.3) is 0 Å². The van der Waals surface area contributed by atoms with Gasteiger partial charge in [-0.1, -0.05) is 13.8 Å². The molecule has 1 N–H and O–H groups in total. The minimum Gasteiger partial charge on any atom is -0.377 e. The average molecular weight is 289 g/mol. The lowest BCUT2D eigenvalue weighted by atomic mass is 9.82. The number of nitrogens with one attached hydrogen (secondary N) is 1. The second-order valence-corrected chi connectivity index (χ2v) is 8.69. The van der Waals surface area contributed by atoms with Gasteiger partial charge in [0.1, 0.15) is 0 Å². The van der Waals surface area contributed by atoms with Crippen LogP contribution in [0.15, 0.2) is 0 Å². The molecule has 0 amide bonds. The van der Waals surface area contributed by atoms with Crippen LogP contribution in [-0.4, -0.2) is 45.2 Å². The Morgan fingerprint density at radius 3 is 2.42 bits per heavy atom. The molecule has 2 fully saturated rings. The van der Waals surface area contributed by atoms with Crippen molar-refractivity contribution in [1.82, 2.24) is 5.32 Å². The van der Waals surface area contributed by atoms with Gasteiger partial charge in [0.2, 0.25) is 0 Å². The second kappa shape index (κ2) is 6.55. The molecule has 1 heterocycles. The van der Waals surface area contributed by atoms with Crippen LogP contribution in [0.1, 0.15) is 39.5 Å². The van der Waals surface area contributed by atoms with Gasteiger partial charge < -0.3 is 10.1 Å². The normalized spacial score (nSPS) is 38.4. The Morgan fingerprint density at radius 2 is 1.84 bits per heavy atom. The first-order chi connectivity index (χ1) is 8.94. The molecule has 0 radical (unpaired) electrons. The van der Waals surface area contributed by atoms with Crippen LogP contribution in [0.5, 0.6) is 0 Å². The fourth-order valence-electron chi connectivity index (χ4n) is 3.45. The third-order valence-corrected chi connectivity index (χ3v) is 6.02. The van der Waals surface area contributed by atoms with Crippen LogP contribution >= 0.6 is 0 Å². The molecule has 4 nitrogen and oxygen atoms in total. The van der Waals surface area contributed by atoms with Gasteiger partial charge in [0.05, 0.1) is 24.2 Å². The van der Waals surface area contributed by atoms with E-state index in [9.17, 15) is 8.42 Å². The van der Waals surface area contributed by atoms with E-state index >= 15 is 0 Å². The fraction of sp³-hybridized carbons (Fsp3) is 1.00. The molecule has 1 saturated heterocycles. The molecule has 1 aliphatic carbocycles. The largest absolute Gasteiger partial charge is 0.377 e. The average Bonchev–Trinajstić information content (AvgIpc) is 2.63. The number of hydrogen-bond donors (Lipinski definition) is 1. The van der Waals surface area contributed by atoms with E-state index in [4.69, 9.17) is 4.74 Å². The zero-order valence-corrected chi connectivity index (χ0v) is 12.9. The molecule has 2 aliphatic rings. The van der Waals surface area contributed by atoms with Crippen molar-refractivity contribution in [3.05, 3.63) is 0 Å². The summed E-state index contributed by atoms with van der Waals surface area (Å²) in [5.74, 6) is 2.16. The van der Waals surface area contributed by atoms with Crippen molar-refractivity contribution in [1.29, 1.82) is 0 Å². The van der Waals surface area contributed by atoms with E-state index in [-0.39, 0.29) is 6.04 Å². The maximum atomic E-state index is 11.3. The molecule has 0 aromatic rings. The highest BCUT2D eigenvalue weighted by atomic mass is 32.2. The van der Waals surface area contributed by atoms with E-state index in [2.05, 4.69) is 19.2 Å². The predicted molar refractivity (Wildman–Crippen MR) is 77.0 cm³/mol. The summed E-state index contributed by atoms with van der Waals surface area (Å²) >= 11 is 0. The van der Waals surface area contributed by atoms with Crippen molar-refractivity contribution >= 4 is 9.84 Å². The van der Waals surface area contributed by atoms with Crippen molar-refractivity contribution in [2.45, 2.75) is 51.7 Å². The molecule has 2 rings (SSSR count). The van der Waals surface area contributed by atoms with Crippen molar-refractivity contribution in [3.63, 3.8) is 0 Å². The molecule has 0 aromatic heterocycles. The predicted octanol–water partition coefficient (Wildman–Crippen LogP) is 1.60. The smallest absolute Gasteiger partial charge is 0.151 e. The van der Waals surface area contributed by atoms with Crippen molar-refractivity contribution in [2.24, 2.45) is 11.8 Å². The molecule has 1 saturated carbocycles. The van der Waals surface area contributed by atoms with Crippen LogP contribution < -0.4 is 5.32 Å². The summed E-state index contributed by atoms with van der Waals surface area (Å²) in [6.07, 6.45) is 4.80. The van der Waals surface area contributed by atoms with Gasteiger partial charge in [-0.3, -0.25) is 0 Å². The van der Waals surface area contributed by atoms with Gasteiger partial charge in [-0.25, -0.2) is 8.42 Å². The summed E-state index contributed by atoms with van der Waals surface area (Å²) in [5, 5.41) is 3.30. The second-order valence-electron chi connectivity index (χ2n) is 6.46. The van der Waals surface area contributed by atoms with Crippen molar-refractivity contribution < 1.29 is 13.2 Å². The van der Waals surface area contributed by atoms with Gasteiger partial charge in [0.25, 0.3) is 0 Å². The SMILES string of the molecule is CC1CC(C)CC(OCCNC2CCS(=O)(=O)C2)C1. The summed E-state index contributed by atoms with van der Waals surface area (Å²) < 4.78 is 28.6. The zero-order valence-electron chi connectivity index (χ0n) is 12.1. The maximum absolute atomic E-state index is 11.3. The highest BCUT2D eigenvalue weighted by molar-refractivity contribution is 7.91. The molecular weight excluding hydrogens is 262 g/mol. The van der Waals surface area contributed by atoms with Gasteiger partial charge >= 0.3 is 0 Å². The highest BCUT2D eigenvalue weighted by Crippen LogP contribution is 2.30. The fourth-order valence-corrected chi connectivity index (χ4v) is 5.16. The first kappa shape index (κ1) is 15.3. The standard InChI is InChI=1S/C14H27NO3S/c1-11-7-12(2)9-14(8-11)18-5-4-15-13-3-6-19(16,17)10-13/h11-15H,3-10H2,1-2H3. The van der Waals surface area contributed by atoms with E-state index in [1.54, 1.807) is 0 Å². The molecule has 0 aromatic carbocycles. The monoisotopic (exact) mass is 289 g/mol. The quantitative estimate of drug-likeness (QED) is 0.781. The van der Waals surface area contributed by atoms with E-state index in [1.807, 2.05) is 0 Å². The Balaban J connectivity index is 1.59. The maximum Gasteiger partial charge on any atom is 0.151 e. The molecule has 0 spiro atoms. The first-order valence-corrected chi connectivity index (χ1v) is 9.32. The van der Waals surface area contributed by atoms with E-state index in [1.165, 1.54) is 19.3 Å². The molecule has 19 heavy (non-hydrogen) atoms. The third kappa shape index (κ3) is 5.04. The Morgan fingerprint density at radius 1 is 1.16 bits per heavy atom. The summed E-state index contributed by atoms with van der Waals surface area (Å²) in [6.45, 7) is 6.06. The third-order valence-electron chi connectivity index (χ3n) is 4.26. The minimum absolute atomic E-state index is 0.137. The topological polar surface area (TPSA) is 55.4 Å². The van der Waals surface area contributed by atoms with E-state index < -0.39 is 9.84 Å². The lowest BCUT2D eigenvalue weighted by Crippen LogP contribution is -2.34. The van der Waals surface area contributed by atoms with Crippen LogP contribution in [-0.2, 0) is 14.6 Å². The number of hydrogen-bond acceptors (Lipinski definition) is 4. The van der Waals surface area contributed by atoms with Crippen LogP contribution in [0, 0.1) is 11.8 Å². The van der Waals surface area contributed by atoms with Gasteiger partial charge in [-0.2, -0.15) is 0 Å². The van der Waals surface area contributed by atoms with Gasteiger partial charge in [0, 0.05) is 12.6 Å². The summed E-state index contributed by atoms with van der Waals surface area (Å²) in [5.41, 5.74) is 0. The summed E-state index contributed by atoms with van der Waals surface area (Å²) in [4.78, 5) is 0. The molecule has 5 heteroatoms. The molecule has 0 bridgehead atoms. The number of rotatable bonds is 5. The first-order valence-electron chi connectivity index (χ1n) is 7.50. The van der Waals surface area contributed by atoms with Crippen LogP contribution in [0.2, 0.25) is 0 Å². The number of sulfone groups is 1. The van der Waals surface area contributed by atoms with E-state index in [0.29, 0.717) is 24.2 Å². The Bertz CT molecular complexity index is 372. The van der Waals surface area contributed by atoms with E-state index in [0.717, 1.165) is 24.8 Å². The summed E-state index contributed by atoms with van der Waals surface area (Å²) in [7, 11) is -2.77. The summed E-state index contributed by atoms with van der Waals surface area (Å²) in [6, 6.07) is 0.137. The van der Waals surface area contributed by atoms with Gasteiger partial charge in [0.15, 0.2) is 9.84 Å². The van der Waals surface area contributed by atoms with Crippen LogP contribution in [0.3, 0.4) is 0 Å². The Hall–Kier alpha value is -0.130. The zero-order chi connectivity index (χ0) is 13.9. The van der Waals surface area contributed by atoms with Gasteiger partial charge in [-0.05, 0) is 37.5 Å². The lowest BCUT2D eigenvalue weighted by molar-refractivity contribution is 0.00218. The minimum atomic E-state index is -2.77.